The van der Waals surface area contributed by atoms with Gasteiger partial charge in [-0.05, 0) is 18.2 Å². The predicted molar refractivity (Wildman–Crippen MR) is 57.1 cm³/mol. The smallest absolute Gasteiger partial charge is 0.174 e. The fourth-order valence-electron chi connectivity index (χ4n) is 2.00. The van der Waals surface area contributed by atoms with Crippen LogP contribution in [0.25, 0.3) is 11.8 Å². The van der Waals surface area contributed by atoms with E-state index in [4.69, 9.17) is 0 Å². The lowest BCUT2D eigenvalue weighted by atomic mass is 10.1. The Morgan fingerprint density at radius 1 is 1.33 bits per heavy atom. The number of ketones is 1. The van der Waals surface area contributed by atoms with Crippen molar-refractivity contribution in [3.05, 3.63) is 41.0 Å². The number of hydrogen-bond acceptors (Lipinski definition) is 3. The lowest BCUT2D eigenvalue weighted by molar-refractivity contribution is -0.115. The molecule has 3 heteroatoms. The minimum atomic E-state index is 0.159. The first-order valence-corrected chi connectivity index (χ1v) is 4.96. The van der Waals surface area contributed by atoms with E-state index < -0.39 is 0 Å². The van der Waals surface area contributed by atoms with Crippen LogP contribution in [0.1, 0.15) is 0 Å². The summed E-state index contributed by atoms with van der Waals surface area (Å²) in [6.07, 6.45) is 7.39. The first-order chi connectivity index (χ1) is 7.34. The van der Waals surface area contributed by atoms with Crippen LogP contribution in [-0.2, 0) is 4.79 Å². The second-order valence-corrected chi connectivity index (χ2v) is 3.71. The summed E-state index contributed by atoms with van der Waals surface area (Å²) in [7, 11) is 0. The summed E-state index contributed by atoms with van der Waals surface area (Å²) in [4.78, 5) is 17.7. The highest BCUT2D eigenvalue weighted by Gasteiger charge is 2.18. The molecule has 1 aromatic rings. The van der Waals surface area contributed by atoms with Crippen LogP contribution in [0, 0.1) is 0 Å². The third kappa shape index (κ3) is 1.28. The third-order valence-corrected chi connectivity index (χ3v) is 2.73. The Morgan fingerprint density at radius 2 is 2.27 bits per heavy atom. The summed E-state index contributed by atoms with van der Waals surface area (Å²) in [5, 5.41) is 2.13. The molecule has 0 spiro atoms. The summed E-state index contributed by atoms with van der Waals surface area (Å²) in [5.74, 6) is 0.159. The Bertz CT molecular complexity index is 572. The van der Waals surface area contributed by atoms with E-state index in [2.05, 4.69) is 22.0 Å². The molecule has 0 aromatic carbocycles. The van der Waals surface area contributed by atoms with E-state index in [1.807, 2.05) is 12.1 Å². The molecule has 0 radical (unpaired) electrons. The van der Waals surface area contributed by atoms with E-state index in [0.29, 0.717) is 6.54 Å². The highest BCUT2D eigenvalue weighted by atomic mass is 16.1. The summed E-state index contributed by atoms with van der Waals surface area (Å²) in [5.41, 5.74) is 1.06. The number of nitrogens with zero attached hydrogens (tertiary/aromatic N) is 2. The lowest BCUT2D eigenvalue weighted by Crippen LogP contribution is -2.44. The van der Waals surface area contributed by atoms with Gasteiger partial charge in [-0.1, -0.05) is 12.1 Å². The van der Waals surface area contributed by atoms with Gasteiger partial charge < -0.3 is 4.90 Å². The number of carbonyl (C=O) groups excluding carboxylic acids is 1. The first kappa shape index (κ1) is 8.41. The molecule has 3 nitrogen and oxygen atoms in total. The standard InChI is InChI=1S/C12H10N2O/c15-10-3-4-11-12-9(2-1-6-13-12)5-7-14(11)8-10/h1-6H,7-8H2. The van der Waals surface area contributed by atoms with Gasteiger partial charge in [-0.3, -0.25) is 9.78 Å². The van der Waals surface area contributed by atoms with Crippen molar-refractivity contribution >= 4 is 17.6 Å². The monoisotopic (exact) mass is 198 g/mol. The van der Waals surface area contributed by atoms with E-state index >= 15 is 0 Å². The number of fused-ring (bicyclic) bond motifs is 2. The van der Waals surface area contributed by atoms with Crippen molar-refractivity contribution in [2.45, 2.75) is 0 Å². The van der Waals surface area contributed by atoms with E-state index in [-0.39, 0.29) is 5.78 Å². The van der Waals surface area contributed by atoms with Gasteiger partial charge >= 0.3 is 0 Å². The molecular weight excluding hydrogens is 188 g/mol. The van der Waals surface area contributed by atoms with Gasteiger partial charge in [-0.25, -0.2) is 0 Å². The Kier molecular flexibility index (Phi) is 1.71. The van der Waals surface area contributed by atoms with Gasteiger partial charge in [0.05, 0.1) is 17.6 Å². The molecule has 0 aliphatic carbocycles. The normalized spacial score (nSPS) is 18.3. The van der Waals surface area contributed by atoms with E-state index in [0.717, 1.165) is 22.8 Å². The van der Waals surface area contributed by atoms with Crippen LogP contribution in [0.5, 0.6) is 0 Å². The van der Waals surface area contributed by atoms with Crippen molar-refractivity contribution in [2.24, 2.45) is 0 Å². The zero-order valence-corrected chi connectivity index (χ0v) is 8.18. The minimum absolute atomic E-state index is 0.159. The second-order valence-electron chi connectivity index (χ2n) is 3.71. The van der Waals surface area contributed by atoms with Crippen molar-refractivity contribution in [2.75, 3.05) is 13.1 Å². The second kappa shape index (κ2) is 3.05. The van der Waals surface area contributed by atoms with Crippen molar-refractivity contribution in [3.8, 4) is 0 Å². The van der Waals surface area contributed by atoms with Gasteiger partial charge in [0.25, 0.3) is 0 Å². The van der Waals surface area contributed by atoms with Gasteiger partial charge in [-0.2, -0.15) is 0 Å². The Morgan fingerprint density at radius 3 is 3.20 bits per heavy atom. The van der Waals surface area contributed by atoms with Crippen LogP contribution >= 0.6 is 0 Å². The maximum Gasteiger partial charge on any atom is 0.174 e. The van der Waals surface area contributed by atoms with Crippen molar-refractivity contribution in [1.82, 2.24) is 9.88 Å². The summed E-state index contributed by atoms with van der Waals surface area (Å²) >= 11 is 0. The molecule has 3 heterocycles. The van der Waals surface area contributed by atoms with Gasteiger partial charge in [0, 0.05) is 18.0 Å². The number of rotatable bonds is 0. The topological polar surface area (TPSA) is 33.2 Å². The summed E-state index contributed by atoms with van der Waals surface area (Å²) in [6, 6.07) is 3.99. The maximum absolute atomic E-state index is 11.3. The predicted octanol–water partition coefficient (Wildman–Crippen LogP) is -0.575. The van der Waals surface area contributed by atoms with Crippen LogP contribution in [0.15, 0.2) is 30.5 Å². The fraction of sp³-hybridized carbons (Fsp3) is 0.167. The summed E-state index contributed by atoms with van der Waals surface area (Å²) < 4.78 is 0. The van der Waals surface area contributed by atoms with Crippen LogP contribution in [0.3, 0.4) is 0 Å². The van der Waals surface area contributed by atoms with E-state index in [1.165, 1.54) is 0 Å². The Hall–Kier alpha value is -1.90. The highest BCUT2D eigenvalue weighted by molar-refractivity contribution is 5.96. The van der Waals surface area contributed by atoms with Crippen LogP contribution < -0.4 is 10.6 Å². The molecule has 0 bridgehead atoms. The van der Waals surface area contributed by atoms with Crippen LogP contribution in [-0.4, -0.2) is 28.8 Å². The number of hydrogen-bond donors (Lipinski definition) is 0. The van der Waals surface area contributed by atoms with Gasteiger partial charge in [-0.15, -0.1) is 0 Å². The number of carbonyl (C=O) groups is 1. The van der Waals surface area contributed by atoms with Crippen molar-refractivity contribution < 1.29 is 4.79 Å². The lowest BCUT2D eigenvalue weighted by Gasteiger charge is -2.27. The van der Waals surface area contributed by atoms with Gasteiger partial charge in [0.1, 0.15) is 0 Å². The van der Waals surface area contributed by atoms with Crippen molar-refractivity contribution in [3.63, 3.8) is 0 Å². The van der Waals surface area contributed by atoms with E-state index in [1.54, 1.807) is 12.3 Å². The molecule has 0 saturated carbocycles. The molecule has 0 atom stereocenters. The molecule has 2 aliphatic heterocycles. The maximum atomic E-state index is 11.3. The SMILES string of the molecule is O=C1C=CC2=c3ncccc3=CCN2C1. The molecule has 1 aromatic heterocycles. The summed E-state index contributed by atoms with van der Waals surface area (Å²) in [6.45, 7) is 1.27. The van der Waals surface area contributed by atoms with Crippen molar-refractivity contribution in [1.29, 1.82) is 0 Å². The Balaban J connectivity index is 2.34. The molecule has 0 unspecified atom stereocenters. The molecule has 0 fully saturated rings. The van der Waals surface area contributed by atoms with Gasteiger partial charge in [0.2, 0.25) is 0 Å². The van der Waals surface area contributed by atoms with Crippen LogP contribution in [0.2, 0.25) is 0 Å². The Labute approximate surface area is 87.0 Å². The molecule has 2 aliphatic rings. The van der Waals surface area contributed by atoms with Gasteiger partial charge in [0.15, 0.2) is 5.78 Å². The third-order valence-electron chi connectivity index (χ3n) is 2.73. The largest absolute Gasteiger partial charge is 0.358 e. The average molecular weight is 198 g/mol. The molecule has 15 heavy (non-hydrogen) atoms. The van der Waals surface area contributed by atoms with E-state index in [9.17, 15) is 4.79 Å². The molecular formula is C12H10N2O. The molecule has 0 N–H and O–H groups in total. The quantitative estimate of drug-likeness (QED) is 0.559. The molecule has 0 saturated heterocycles. The average Bonchev–Trinajstić information content (AvgIpc) is 2.28. The zero-order valence-electron chi connectivity index (χ0n) is 8.18. The first-order valence-electron chi connectivity index (χ1n) is 4.96. The fourth-order valence-corrected chi connectivity index (χ4v) is 2.00. The minimum Gasteiger partial charge on any atom is -0.358 e. The zero-order chi connectivity index (χ0) is 10.3. The number of pyridine rings is 1. The van der Waals surface area contributed by atoms with Crippen LogP contribution in [0.4, 0.5) is 0 Å². The molecule has 0 amide bonds. The molecule has 3 rings (SSSR count). The molecule has 74 valence electrons. The highest BCUT2D eigenvalue weighted by Crippen LogP contribution is 2.11. The number of aromatic nitrogens is 1.